The number of hydrogen-bond donors (Lipinski definition) is 3. The molecule has 0 spiro atoms. The molecular weight excluding hydrogens is 376 g/mol. The summed E-state index contributed by atoms with van der Waals surface area (Å²) in [5.41, 5.74) is 7.42. The van der Waals surface area contributed by atoms with Crippen LogP contribution in [0.1, 0.15) is 12.1 Å². The van der Waals surface area contributed by atoms with Crippen LogP contribution >= 0.6 is 0 Å². The third kappa shape index (κ3) is 2.77. The number of nitrogens with zero attached hydrogens (tertiary/aromatic N) is 5. The molecule has 0 atom stereocenters. The quantitative estimate of drug-likeness (QED) is 0.433. The largest absolute Gasteiger partial charge is 0.335 e. The topological polar surface area (TPSA) is 108 Å². The predicted molar refractivity (Wildman–Crippen MR) is 115 cm³/mol. The van der Waals surface area contributed by atoms with Gasteiger partial charge in [0.1, 0.15) is 5.69 Å². The predicted octanol–water partition coefficient (Wildman–Crippen LogP) is 3.33. The normalized spacial score (nSPS) is 14.3. The van der Waals surface area contributed by atoms with Crippen molar-refractivity contribution in [2.75, 3.05) is 13.1 Å². The lowest BCUT2D eigenvalue weighted by atomic mass is 10.0. The minimum atomic E-state index is 0.651. The molecule has 3 N–H and O–H groups in total. The Morgan fingerprint density at radius 2 is 2.03 bits per heavy atom. The van der Waals surface area contributed by atoms with Gasteiger partial charge in [-0.25, -0.2) is 9.97 Å². The second-order valence-corrected chi connectivity index (χ2v) is 7.26. The van der Waals surface area contributed by atoms with Crippen molar-refractivity contribution in [2.24, 2.45) is 0 Å². The Morgan fingerprint density at radius 3 is 2.90 bits per heavy atom. The van der Waals surface area contributed by atoms with Gasteiger partial charge in [0.2, 0.25) is 0 Å². The summed E-state index contributed by atoms with van der Waals surface area (Å²) in [6, 6.07) is 8.00. The zero-order chi connectivity index (χ0) is 19.9. The summed E-state index contributed by atoms with van der Waals surface area (Å²) in [4.78, 5) is 21.4. The van der Waals surface area contributed by atoms with Gasteiger partial charge in [-0.05, 0) is 36.7 Å². The number of fused-ring (bicyclic) bond motifs is 2. The van der Waals surface area contributed by atoms with Crippen molar-refractivity contribution in [3.63, 3.8) is 0 Å². The average Bonchev–Trinajstić information content (AvgIpc) is 3.43. The Kier molecular flexibility index (Phi) is 3.88. The van der Waals surface area contributed by atoms with Gasteiger partial charge in [-0.1, -0.05) is 12.1 Å². The molecule has 0 bridgehead atoms. The molecular formula is C22H18N8. The first kappa shape index (κ1) is 17.0. The summed E-state index contributed by atoms with van der Waals surface area (Å²) in [6.07, 6.45) is 10.4. The zero-order valence-corrected chi connectivity index (χ0v) is 16.1. The fourth-order valence-corrected chi connectivity index (χ4v) is 3.91. The number of aromatic nitrogens is 7. The molecule has 5 aromatic heterocycles. The van der Waals surface area contributed by atoms with Crippen LogP contribution in [-0.2, 0) is 0 Å². The van der Waals surface area contributed by atoms with E-state index in [0.29, 0.717) is 11.5 Å². The molecule has 6 rings (SSSR count). The number of H-pyrrole nitrogens is 2. The summed E-state index contributed by atoms with van der Waals surface area (Å²) < 4.78 is 0. The number of hydrogen-bond acceptors (Lipinski definition) is 6. The highest BCUT2D eigenvalue weighted by atomic mass is 15.1. The Bertz CT molecular complexity index is 1400. The molecule has 0 radical (unpaired) electrons. The van der Waals surface area contributed by atoms with Crippen LogP contribution < -0.4 is 5.32 Å². The number of imidazole rings is 1. The molecule has 8 heteroatoms. The molecule has 146 valence electrons. The maximum atomic E-state index is 4.72. The summed E-state index contributed by atoms with van der Waals surface area (Å²) >= 11 is 0. The summed E-state index contributed by atoms with van der Waals surface area (Å²) in [5, 5.41) is 11.9. The number of rotatable bonds is 3. The van der Waals surface area contributed by atoms with Crippen molar-refractivity contribution in [3.05, 3.63) is 60.8 Å². The molecule has 0 unspecified atom stereocenters. The van der Waals surface area contributed by atoms with Crippen LogP contribution in [-0.4, -0.2) is 48.2 Å². The van der Waals surface area contributed by atoms with Crippen molar-refractivity contribution in [1.29, 1.82) is 0 Å². The van der Waals surface area contributed by atoms with Crippen molar-refractivity contribution >= 4 is 27.6 Å². The molecule has 0 saturated carbocycles. The molecule has 0 fully saturated rings. The number of pyridine rings is 3. The van der Waals surface area contributed by atoms with E-state index in [2.05, 4.69) is 47.6 Å². The molecule has 30 heavy (non-hydrogen) atoms. The first-order valence-corrected chi connectivity index (χ1v) is 9.86. The average molecular weight is 394 g/mol. The second kappa shape index (κ2) is 6.85. The van der Waals surface area contributed by atoms with Crippen LogP contribution in [0.2, 0.25) is 0 Å². The van der Waals surface area contributed by atoms with Crippen LogP contribution in [0.25, 0.3) is 50.3 Å². The van der Waals surface area contributed by atoms with Gasteiger partial charge < -0.3 is 10.3 Å². The Labute approximate surface area is 171 Å². The fourth-order valence-electron chi connectivity index (χ4n) is 3.91. The van der Waals surface area contributed by atoms with E-state index in [9.17, 15) is 0 Å². The van der Waals surface area contributed by atoms with E-state index in [1.54, 1.807) is 12.4 Å². The third-order valence-corrected chi connectivity index (χ3v) is 5.43. The van der Waals surface area contributed by atoms with Crippen molar-refractivity contribution in [2.45, 2.75) is 6.42 Å². The lowest BCUT2D eigenvalue weighted by Crippen LogP contribution is -2.20. The molecule has 1 aliphatic heterocycles. The Hall–Kier alpha value is -3.91. The van der Waals surface area contributed by atoms with Gasteiger partial charge >= 0.3 is 0 Å². The fraction of sp³-hybridized carbons (Fsp3) is 0.136. The zero-order valence-electron chi connectivity index (χ0n) is 16.1. The van der Waals surface area contributed by atoms with Crippen molar-refractivity contribution in [1.82, 2.24) is 40.4 Å². The van der Waals surface area contributed by atoms with E-state index >= 15 is 0 Å². The highest BCUT2D eigenvalue weighted by Gasteiger charge is 2.17. The third-order valence-electron chi connectivity index (χ3n) is 5.43. The maximum absolute atomic E-state index is 4.72. The van der Waals surface area contributed by atoms with Crippen LogP contribution in [0, 0.1) is 0 Å². The molecule has 0 aromatic carbocycles. The number of aromatic amines is 2. The van der Waals surface area contributed by atoms with E-state index in [1.165, 1.54) is 5.57 Å². The van der Waals surface area contributed by atoms with Crippen molar-refractivity contribution < 1.29 is 0 Å². The minimum absolute atomic E-state index is 0.651. The van der Waals surface area contributed by atoms with Crippen LogP contribution in [0.5, 0.6) is 0 Å². The first-order chi connectivity index (χ1) is 14.9. The molecule has 0 amide bonds. The molecule has 6 heterocycles. The standard InChI is InChI=1S/C22H18N8/c1-2-14(11-24-6-1)15-5-9-25-21-19(15)27-22(28-21)20-16-10-17(13-3-7-23-8-4-13)26-12-18(16)29-30-20/h1-3,5-6,9-12,23H,4,7-8H2,(H,29,30)(H,25,27,28). The smallest absolute Gasteiger partial charge is 0.178 e. The molecule has 8 nitrogen and oxygen atoms in total. The molecule has 5 aromatic rings. The lowest BCUT2D eigenvalue weighted by Gasteiger charge is -2.13. The van der Waals surface area contributed by atoms with Gasteiger partial charge in [-0.15, -0.1) is 0 Å². The second-order valence-electron chi connectivity index (χ2n) is 7.26. The Morgan fingerprint density at radius 1 is 1.03 bits per heavy atom. The van der Waals surface area contributed by atoms with Crippen LogP contribution in [0.15, 0.2) is 55.1 Å². The first-order valence-electron chi connectivity index (χ1n) is 9.86. The van der Waals surface area contributed by atoms with E-state index in [-0.39, 0.29) is 0 Å². The lowest BCUT2D eigenvalue weighted by molar-refractivity contribution is 0.737. The maximum Gasteiger partial charge on any atom is 0.178 e. The summed E-state index contributed by atoms with van der Waals surface area (Å²) in [6.45, 7) is 1.84. The van der Waals surface area contributed by atoms with Crippen LogP contribution in [0.4, 0.5) is 0 Å². The van der Waals surface area contributed by atoms with E-state index < -0.39 is 0 Å². The van der Waals surface area contributed by atoms with Gasteiger partial charge in [0, 0.05) is 41.6 Å². The van der Waals surface area contributed by atoms with E-state index in [0.717, 1.165) is 58.4 Å². The Balaban J connectivity index is 1.50. The highest BCUT2D eigenvalue weighted by Crippen LogP contribution is 2.31. The molecule has 0 saturated heterocycles. The van der Waals surface area contributed by atoms with E-state index in [1.807, 2.05) is 30.6 Å². The minimum Gasteiger partial charge on any atom is -0.335 e. The van der Waals surface area contributed by atoms with E-state index in [4.69, 9.17) is 4.98 Å². The van der Waals surface area contributed by atoms with Crippen molar-refractivity contribution in [3.8, 4) is 22.6 Å². The van der Waals surface area contributed by atoms with Gasteiger partial charge in [0.05, 0.1) is 22.9 Å². The molecule has 0 aliphatic carbocycles. The summed E-state index contributed by atoms with van der Waals surface area (Å²) in [5.74, 6) is 0.677. The van der Waals surface area contributed by atoms with Gasteiger partial charge in [-0.2, -0.15) is 5.10 Å². The number of nitrogens with one attached hydrogen (secondary N) is 3. The summed E-state index contributed by atoms with van der Waals surface area (Å²) in [7, 11) is 0. The van der Waals surface area contributed by atoms with Crippen LogP contribution in [0.3, 0.4) is 0 Å². The monoisotopic (exact) mass is 394 g/mol. The molecule has 1 aliphatic rings. The van der Waals surface area contributed by atoms with Gasteiger partial charge in [0.25, 0.3) is 0 Å². The highest BCUT2D eigenvalue weighted by molar-refractivity contribution is 5.96. The SMILES string of the molecule is C1=C(c2cc3c(-c4nc5nccc(-c6cccnc6)c5[nH]4)n[nH]c3cn2)CCNC1. The van der Waals surface area contributed by atoms with Gasteiger partial charge in [-0.3, -0.25) is 15.1 Å². The van der Waals surface area contributed by atoms with Gasteiger partial charge in [0.15, 0.2) is 11.5 Å².